The first kappa shape index (κ1) is 14.0. The predicted molar refractivity (Wildman–Crippen MR) is 63.5 cm³/mol. The Morgan fingerprint density at radius 2 is 1.14 bits per heavy atom. The largest absolute Gasteiger partial charge is 0.373 e. The first-order chi connectivity index (χ1) is 6.15. The van der Waals surface area contributed by atoms with Crippen molar-refractivity contribution in [2.45, 2.75) is 67.1 Å². The molecule has 0 spiro atoms. The zero-order valence-electron chi connectivity index (χ0n) is 11.2. The summed E-state index contributed by atoms with van der Waals surface area (Å²) < 4.78 is 6.02. The van der Waals surface area contributed by atoms with Gasteiger partial charge >= 0.3 is 0 Å². The van der Waals surface area contributed by atoms with Crippen LogP contribution in [0, 0.1) is 17.8 Å². The Morgan fingerprint density at radius 3 is 1.36 bits per heavy atom. The van der Waals surface area contributed by atoms with E-state index in [9.17, 15) is 0 Å². The Morgan fingerprint density at radius 1 is 0.786 bits per heavy atom. The molecule has 1 atom stereocenters. The first-order valence-corrected chi connectivity index (χ1v) is 5.83. The summed E-state index contributed by atoms with van der Waals surface area (Å²) in [6.45, 7) is 17.7. The van der Waals surface area contributed by atoms with Gasteiger partial charge in [0, 0.05) is 0 Å². The molecule has 0 saturated heterocycles. The van der Waals surface area contributed by atoms with E-state index in [0.717, 1.165) is 0 Å². The van der Waals surface area contributed by atoms with Crippen LogP contribution in [-0.2, 0) is 4.74 Å². The molecule has 0 aromatic heterocycles. The fourth-order valence-corrected chi connectivity index (χ4v) is 2.49. The molecule has 0 aliphatic rings. The van der Waals surface area contributed by atoms with E-state index >= 15 is 0 Å². The van der Waals surface area contributed by atoms with Crippen molar-refractivity contribution in [1.82, 2.24) is 0 Å². The van der Waals surface area contributed by atoms with Gasteiger partial charge in [-0.1, -0.05) is 27.7 Å². The average Bonchev–Trinajstić information content (AvgIpc) is 1.78. The highest BCUT2D eigenvalue weighted by atomic mass is 16.5. The standard InChI is InChI=1S/C13H28O/c1-9(2)12(10(3)4)11(5)14-13(6,7)8/h9-12H,1-8H3. The highest BCUT2D eigenvalue weighted by molar-refractivity contribution is 4.75. The Balaban J connectivity index is 4.38. The van der Waals surface area contributed by atoms with Gasteiger partial charge in [0.15, 0.2) is 0 Å². The van der Waals surface area contributed by atoms with Gasteiger partial charge in [-0.2, -0.15) is 0 Å². The molecule has 0 fully saturated rings. The lowest BCUT2D eigenvalue weighted by Crippen LogP contribution is -2.35. The lowest BCUT2D eigenvalue weighted by atomic mass is 9.81. The third-order valence-corrected chi connectivity index (χ3v) is 2.62. The fraction of sp³-hybridized carbons (Fsp3) is 1.00. The molecule has 0 aliphatic heterocycles. The highest BCUT2D eigenvalue weighted by Crippen LogP contribution is 2.28. The predicted octanol–water partition coefficient (Wildman–Crippen LogP) is 4.12. The summed E-state index contributed by atoms with van der Waals surface area (Å²) in [5.74, 6) is 2.02. The maximum absolute atomic E-state index is 6.02. The summed E-state index contributed by atoms with van der Waals surface area (Å²) in [6.07, 6.45) is 0.343. The van der Waals surface area contributed by atoms with E-state index < -0.39 is 0 Å². The molecule has 14 heavy (non-hydrogen) atoms. The molecule has 86 valence electrons. The van der Waals surface area contributed by atoms with Crippen molar-refractivity contribution in [2.24, 2.45) is 17.8 Å². The van der Waals surface area contributed by atoms with E-state index in [1.54, 1.807) is 0 Å². The monoisotopic (exact) mass is 200 g/mol. The molecule has 0 N–H and O–H groups in total. The molecule has 0 rings (SSSR count). The summed E-state index contributed by atoms with van der Waals surface area (Å²) in [7, 11) is 0. The molecule has 0 bridgehead atoms. The molecule has 0 aromatic rings. The Hall–Kier alpha value is -0.0400. The topological polar surface area (TPSA) is 9.23 Å². The summed E-state index contributed by atoms with van der Waals surface area (Å²) in [6, 6.07) is 0. The average molecular weight is 200 g/mol. The molecule has 0 amide bonds. The number of rotatable bonds is 4. The summed E-state index contributed by atoms with van der Waals surface area (Å²) in [5, 5.41) is 0. The second-order valence-corrected chi connectivity index (χ2v) is 6.00. The van der Waals surface area contributed by atoms with Crippen LogP contribution in [0.15, 0.2) is 0 Å². The van der Waals surface area contributed by atoms with Crippen LogP contribution >= 0.6 is 0 Å². The molecule has 0 saturated carbocycles. The van der Waals surface area contributed by atoms with Crippen LogP contribution in [0.25, 0.3) is 0 Å². The van der Waals surface area contributed by atoms with Gasteiger partial charge in [0.1, 0.15) is 0 Å². The van der Waals surface area contributed by atoms with Crippen molar-refractivity contribution in [1.29, 1.82) is 0 Å². The van der Waals surface area contributed by atoms with Gasteiger partial charge in [0.2, 0.25) is 0 Å². The molecular weight excluding hydrogens is 172 g/mol. The SMILES string of the molecule is CC(C)C(C(C)C)C(C)OC(C)(C)C. The van der Waals surface area contributed by atoms with Gasteiger partial charge in [-0.05, 0) is 45.4 Å². The molecule has 0 heterocycles. The van der Waals surface area contributed by atoms with Gasteiger partial charge in [-0.15, -0.1) is 0 Å². The van der Waals surface area contributed by atoms with Gasteiger partial charge < -0.3 is 4.74 Å². The number of hydrogen-bond donors (Lipinski definition) is 0. The second kappa shape index (κ2) is 5.16. The van der Waals surface area contributed by atoms with Crippen LogP contribution in [0.2, 0.25) is 0 Å². The summed E-state index contributed by atoms with van der Waals surface area (Å²) in [4.78, 5) is 0. The van der Waals surface area contributed by atoms with E-state index in [4.69, 9.17) is 4.74 Å². The van der Waals surface area contributed by atoms with E-state index in [0.29, 0.717) is 23.9 Å². The minimum atomic E-state index is -0.0263. The highest BCUT2D eigenvalue weighted by Gasteiger charge is 2.27. The maximum Gasteiger partial charge on any atom is 0.0602 e. The van der Waals surface area contributed by atoms with Crippen molar-refractivity contribution in [3.8, 4) is 0 Å². The minimum absolute atomic E-state index is 0.0263. The van der Waals surface area contributed by atoms with Gasteiger partial charge in [-0.3, -0.25) is 0 Å². The van der Waals surface area contributed by atoms with Crippen molar-refractivity contribution in [2.75, 3.05) is 0 Å². The lowest BCUT2D eigenvalue weighted by molar-refractivity contribution is -0.0931. The van der Waals surface area contributed by atoms with Gasteiger partial charge in [-0.25, -0.2) is 0 Å². The zero-order valence-corrected chi connectivity index (χ0v) is 11.2. The van der Waals surface area contributed by atoms with Crippen LogP contribution in [-0.4, -0.2) is 11.7 Å². The van der Waals surface area contributed by atoms with E-state index in [1.165, 1.54) is 0 Å². The maximum atomic E-state index is 6.02. The van der Waals surface area contributed by atoms with Crippen LogP contribution in [0.5, 0.6) is 0 Å². The van der Waals surface area contributed by atoms with Gasteiger partial charge in [0.25, 0.3) is 0 Å². The Bertz CT molecular complexity index is 145. The third-order valence-electron chi connectivity index (χ3n) is 2.62. The molecule has 0 radical (unpaired) electrons. The van der Waals surface area contributed by atoms with Crippen LogP contribution < -0.4 is 0 Å². The number of hydrogen-bond acceptors (Lipinski definition) is 1. The molecule has 1 unspecified atom stereocenters. The third kappa shape index (κ3) is 4.99. The Kier molecular flexibility index (Phi) is 5.14. The fourth-order valence-electron chi connectivity index (χ4n) is 2.49. The molecular formula is C13H28O. The van der Waals surface area contributed by atoms with E-state index in [2.05, 4.69) is 55.4 Å². The Labute approximate surface area is 90.2 Å². The van der Waals surface area contributed by atoms with Crippen molar-refractivity contribution < 1.29 is 4.74 Å². The smallest absolute Gasteiger partial charge is 0.0602 e. The van der Waals surface area contributed by atoms with Crippen LogP contribution in [0.4, 0.5) is 0 Å². The molecule has 1 nitrogen and oxygen atoms in total. The van der Waals surface area contributed by atoms with E-state index in [1.807, 2.05) is 0 Å². The quantitative estimate of drug-likeness (QED) is 0.663. The van der Waals surface area contributed by atoms with Crippen molar-refractivity contribution >= 4 is 0 Å². The van der Waals surface area contributed by atoms with Crippen LogP contribution in [0.3, 0.4) is 0 Å². The first-order valence-electron chi connectivity index (χ1n) is 5.83. The van der Waals surface area contributed by atoms with Crippen LogP contribution in [0.1, 0.15) is 55.4 Å². The molecule has 1 heteroatoms. The summed E-state index contributed by atoms with van der Waals surface area (Å²) >= 11 is 0. The summed E-state index contributed by atoms with van der Waals surface area (Å²) in [5.41, 5.74) is -0.0263. The molecule has 0 aromatic carbocycles. The van der Waals surface area contributed by atoms with Gasteiger partial charge in [0.05, 0.1) is 11.7 Å². The van der Waals surface area contributed by atoms with Crippen molar-refractivity contribution in [3.05, 3.63) is 0 Å². The minimum Gasteiger partial charge on any atom is -0.373 e. The normalized spacial score (nSPS) is 15.6. The lowest BCUT2D eigenvalue weighted by Gasteiger charge is -2.35. The zero-order chi connectivity index (χ0) is 11.5. The molecule has 0 aliphatic carbocycles. The number of ether oxygens (including phenoxy) is 1. The second-order valence-electron chi connectivity index (χ2n) is 6.00. The van der Waals surface area contributed by atoms with Crippen molar-refractivity contribution in [3.63, 3.8) is 0 Å². The van der Waals surface area contributed by atoms with E-state index in [-0.39, 0.29) is 5.60 Å².